The van der Waals surface area contributed by atoms with Gasteiger partial charge in [-0.1, -0.05) is 42.5 Å². The van der Waals surface area contributed by atoms with Crippen LogP contribution in [0.25, 0.3) is 16.8 Å². The van der Waals surface area contributed by atoms with E-state index in [1.807, 2.05) is 30.3 Å². The molecule has 32 heavy (non-hydrogen) atoms. The van der Waals surface area contributed by atoms with E-state index in [2.05, 4.69) is 46.3 Å². The lowest BCUT2D eigenvalue weighted by Crippen LogP contribution is -2.29. The molecule has 1 fully saturated rings. The maximum absolute atomic E-state index is 12.6. The number of carbonyl (C=O) groups excluding carboxylic acids is 2. The van der Waals surface area contributed by atoms with Crippen LogP contribution in [-0.4, -0.2) is 36.3 Å². The summed E-state index contributed by atoms with van der Waals surface area (Å²) >= 11 is 4.52. The van der Waals surface area contributed by atoms with E-state index < -0.39 is 0 Å². The van der Waals surface area contributed by atoms with E-state index in [0.717, 1.165) is 27.4 Å². The van der Waals surface area contributed by atoms with Gasteiger partial charge in [0, 0.05) is 20.3 Å². The van der Waals surface area contributed by atoms with Gasteiger partial charge >= 0.3 is 0 Å². The van der Waals surface area contributed by atoms with Gasteiger partial charge in [0.05, 0.1) is 9.38 Å². The van der Waals surface area contributed by atoms with E-state index in [1.54, 1.807) is 13.2 Å². The van der Waals surface area contributed by atoms with Gasteiger partial charge in [-0.05, 0) is 80.3 Å². The minimum absolute atomic E-state index is 0.244. The van der Waals surface area contributed by atoms with Gasteiger partial charge in [0.15, 0.2) is 0 Å². The fourth-order valence-electron chi connectivity index (χ4n) is 3.42. The van der Waals surface area contributed by atoms with Gasteiger partial charge in [0.2, 0.25) is 0 Å². The van der Waals surface area contributed by atoms with E-state index in [9.17, 15) is 9.59 Å². The number of carbonyl (C=O) groups is 2. The molecule has 1 heterocycles. The lowest BCUT2D eigenvalue weighted by molar-refractivity contribution is -0.122. The van der Waals surface area contributed by atoms with Crippen molar-refractivity contribution in [1.82, 2.24) is 4.90 Å². The Morgan fingerprint density at radius 2 is 1.84 bits per heavy atom. The predicted octanol–water partition coefficient (Wildman–Crippen LogP) is 6.25. The number of nitrogens with zero attached hydrogens (tertiary/aromatic N) is 1. The predicted molar refractivity (Wildman–Crippen MR) is 132 cm³/mol. The first kappa shape index (κ1) is 22.6. The maximum Gasteiger partial charge on any atom is 0.293 e. The number of imide groups is 1. The highest BCUT2D eigenvalue weighted by Gasteiger charge is 2.34. The van der Waals surface area contributed by atoms with E-state index in [-0.39, 0.29) is 11.1 Å². The molecule has 2 amide bonds. The Labute approximate surface area is 199 Å². The van der Waals surface area contributed by atoms with E-state index in [1.165, 1.54) is 15.7 Å². The van der Waals surface area contributed by atoms with Crippen molar-refractivity contribution in [1.29, 1.82) is 0 Å². The molecule has 0 N–H and O–H groups in total. The van der Waals surface area contributed by atoms with Crippen molar-refractivity contribution in [3.63, 3.8) is 0 Å². The summed E-state index contributed by atoms with van der Waals surface area (Å²) in [5.74, 6) is 0.451. The first-order valence-electron chi connectivity index (χ1n) is 10.2. The van der Waals surface area contributed by atoms with Crippen LogP contribution in [0.15, 0.2) is 70.0 Å². The highest BCUT2D eigenvalue weighted by atomic mass is 79.9. The summed E-state index contributed by atoms with van der Waals surface area (Å²) in [6, 6.07) is 20.1. The van der Waals surface area contributed by atoms with Crippen LogP contribution in [0.4, 0.5) is 4.79 Å². The molecular formula is C25H22BrNO4S. The number of ether oxygens (including phenoxy) is 2. The maximum atomic E-state index is 12.6. The molecule has 0 bridgehead atoms. The standard InChI is InChI=1S/C25H22BrNO4S/c1-30-12-4-11-27-24(28)23(32-25(27)29)15-17-8-10-22(21(26)14-17)31-16-18-7-9-19-5-2-3-6-20(19)13-18/h2-3,5-10,13-15H,4,11-12,16H2,1H3/b23-15+. The molecular weight excluding hydrogens is 490 g/mol. The Morgan fingerprint density at radius 3 is 2.62 bits per heavy atom. The van der Waals surface area contributed by atoms with Crippen LogP contribution in [0.1, 0.15) is 17.5 Å². The Kier molecular flexibility index (Phi) is 7.29. The van der Waals surface area contributed by atoms with Crippen LogP contribution < -0.4 is 4.74 Å². The van der Waals surface area contributed by atoms with Crippen molar-refractivity contribution in [3.05, 3.63) is 81.2 Å². The number of thioether (sulfide) groups is 1. The number of hydrogen-bond donors (Lipinski definition) is 0. The number of benzene rings is 3. The third-order valence-electron chi connectivity index (χ3n) is 5.07. The number of hydrogen-bond acceptors (Lipinski definition) is 5. The number of methoxy groups -OCH3 is 1. The molecule has 7 heteroatoms. The Hall–Kier alpha value is -2.61. The van der Waals surface area contributed by atoms with Gasteiger partial charge in [0.1, 0.15) is 12.4 Å². The molecule has 0 atom stereocenters. The third-order valence-corrected chi connectivity index (χ3v) is 6.59. The van der Waals surface area contributed by atoms with Crippen LogP contribution in [-0.2, 0) is 16.1 Å². The van der Waals surface area contributed by atoms with Crippen LogP contribution in [0, 0.1) is 0 Å². The SMILES string of the molecule is COCCCN1C(=O)S/C(=C/c2ccc(OCc3ccc4ccccc4c3)c(Br)c2)C1=O. The summed E-state index contributed by atoms with van der Waals surface area (Å²) < 4.78 is 11.8. The first-order valence-corrected chi connectivity index (χ1v) is 11.8. The summed E-state index contributed by atoms with van der Waals surface area (Å²) in [6.07, 6.45) is 2.36. The van der Waals surface area contributed by atoms with Crippen LogP contribution in [0.2, 0.25) is 0 Å². The molecule has 0 saturated carbocycles. The third kappa shape index (κ3) is 5.23. The zero-order valence-electron chi connectivity index (χ0n) is 17.5. The van der Waals surface area contributed by atoms with E-state index in [0.29, 0.717) is 36.8 Å². The van der Waals surface area contributed by atoms with Gasteiger partial charge in [-0.3, -0.25) is 14.5 Å². The van der Waals surface area contributed by atoms with Gasteiger partial charge in [0.25, 0.3) is 11.1 Å². The highest BCUT2D eigenvalue weighted by molar-refractivity contribution is 9.10. The molecule has 164 valence electrons. The van der Waals surface area contributed by atoms with Gasteiger partial charge < -0.3 is 9.47 Å². The molecule has 0 aliphatic carbocycles. The minimum atomic E-state index is -0.260. The van der Waals surface area contributed by atoms with Gasteiger partial charge in [-0.2, -0.15) is 0 Å². The monoisotopic (exact) mass is 511 g/mol. The second-order valence-electron chi connectivity index (χ2n) is 7.34. The number of fused-ring (bicyclic) bond motifs is 1. The lowest BCUT2D eigenvalue weighted by atomic mass is 10.1. The quantitative estimate of drug-likeness (QED) is 0.264. The van der Waals surface area contributed by atoms with Gasteiger partial charge in [-0.25, -0.2) is 0 Å². The molecule has 1 aliphatic heterocycles. The summed E-state index contributed by atoms with van der Waals surface area (Å²) in [6.45, 7) is 1.32. The molecule has 0 aromatic heterocycles. The molecule has 3 aromatic carbocycles. The van der Waals surface area contributed by atoms with Crippen LogP contribution >= 0.6 is 27.7 Å². The van der Waals surface area contributed by atoms with E-state index >= 15 is 0 Å². The van der Waals surface area contributed by atoms with Gasteiger partial charge in [-0.15, -0.1) is 0 Å². The summed E-state index contributed by atoms with van der Waals surface area (Å²) in [5, 5.41) is 2.14. The largest absolute Gasteiger partial charge is 0.488 e. The van der Waals surface area contributed by atoms with Crippen molar-refractivity contribution in [3.8, 4) is 5.75 Å². The minimum Gasteiger partial charge on any atom is -0.488 e. The Bertz CT molecular complexity index is 1190. The first-order chi connectivity index (χ1) is 15.5. The summed E-state index contributed by atoms with van der Waals surface area (Å²) in [4.78, 5) is 26.4. The molecule has 0 spiro atoms. The zero-order chi connectivity index (χ0) is 22.5. The normalized spacial score (nSPS) is 15.2. The summed E-state index contributed by atoms with van der Waals surface area (Å²) in [7, 11) is 1.60. The number of halogens is 1. The van der Waals surface area contributed by atoms with Crippen LogP contribution in [0.3, 0.4) is 0 Å². The average molecular weight is 512 g/mol. The number of amides is 2. The average Bonchev–Trinajstić information content (AvgIpc) is 3.06. The van der Waals surface area contributed by atoms with Crippen molar-refractivity contribution in [2.45, 2.75) is 13.0 Å². The number of rotatable bonds is 8. The molecule has 1 saturated heterocycles. The highest BCUT2D eigenvalue weighted by Crippen LogP contribution is 2.34. The van der Waals surface area contributed by atoms with Crippen molar-refractivity contribution in [2.24, 2.45) is 0 Å². The molecule has 0 unspecified atom stereocenters. The van der Waals surface area contributed by atoms with Crippen molar-refractivity contribution < 1.29 is 19.1 Å². The molecule has 0 radical (unpaired) electrons. The van der Waals surface area contributed by atoms with Crippen molar-refractivity contribution >= 4 is 55.7 Å². The molecule has 5 nitrogen and oxygen atoms in total. The Balaban J connectivity index is 1.42. The Morgan fingerprint density at radius 1 is 1.03 bits per heavy atom. The zero-order valence-corrected chi connectivity index (χ0v) is 19.9. The van der Waals surface area contributed by atoms with E-state index in [4.69, 9.17) is 9.47 Å². The fraction of sp³-hybridized carbons (Fsp3) is 0.200. The smallest absolute Gasteiger partial charge is 0.293 e. The molecule has 4 rings (SSSR count). The molecule has 3 aromatic rings. The summed E-state index contributed by atoms with van der Waals surface area (Å²) in [5.41, 5.74) is 1.90. The van der Waals surface area contributed by atoms with Crippen molar-refractivity contribution in [2.75, 3.05) is 20.3 Å². The van der Waals surface area contributed by atoms with Crippen LogP contribution in [0.5, 0.6) is 5.75 Å². The lowest BCUT2D eigenvalue weighted by Gasteiger charge is -2.11. The fourth-order valence-corrected chi connectivity index (χ4v) is 4.80. The topological polar surface area (TPSA) is 55.8 Å². The second kappa shape index (κ2) is 10.3. The second-order valence-corrected chi connectivity index (χ2v) is 9.19. The molecule has 1 aliphatic rings.